The van der Waals surface area contributed by atoms with E-state index in [1.54, 1.807) is 0 Å². The van der Waals surface area contributed by atoms with E-state index >= 15 is 0 Å². The molecule has 1 amide bonds. The number of non-ortho nitro benzene ring substituents is 1. The van der Waals surface area contributed by atoms with E-state index in [4.69, 9.17) is 4.74 Å². The van der Waals surface area contributed by atoms with E-state index in [0.29, 0.717) is 6.07 Å². The number of aliphatic hydroxyl groups is 1. The van der Waals surface area contributed by atoms with E-state index < -0.39 is 46.6 Å². The topological polar surface area (TPSA) is 102 Å². The van der Waals surface area contributed by atoms with Gasteiger partial charge in [0.15, 0.2) is 0 Å². The summed E-state index contributed by atoms with van der Waals surface area (Å²) in [5.41, 5.74) is -1.33. The number of aliphatic hydroxyl groups excluding tert-OH is 1. The van der Waals surface area contributed by atoms with Gasteiger partial charge in [0.25, 0.3) is 5.69 Å². The van der Waals surface area contributed by atoms with Crippen molar-refractivity contribution in [1.29, 1.82) is 0 Å². The molecule has 0 aromatic heterocycles. The Morgan fingerprint density at radius 3 is 2.41 bits per heavy atom. The number of nitro groups is 1. The average molecular weight is 416 g/mol. The molecule has 11 heteroatoms. The minimum Gasteiger partial charge on any atom is -0.491 e. The second-order valence-corrected chi connectivity index (χ2v) is 6.00. The van der Waals surface area contributed by atoms with E-state index in [1.165, 1.54) is 0 Å². The second kappa shape index (κ2) is 9.32. The first-order valence-corrected chi connectivity index (χ1v) is 8.24. The van der Waals surface area contributed by atoms with Gasteiger partial charge < -0.3 is 15.2 Å². The number of ether oxygens (including phenoxy) is 1. The van der Waals surface area contributed by atoms with Crippen LogP contribution in [0.3, 0.4) is 0 Å². The molecule has 29 heavy (non-hydrogen) atoms. The van der Waals surface area contributed by atoms with Crippen LogP contribution in [0.25, 0.3) is 0 Å². The van der Waals surface area contributed by atoms with Crippen LogP contribution in [0.15, 0.2) is 42.5 Å². The Hall–Kier alpha value is -3.21. The van der Waals surface area contributed by atoms with Crippen LogP contribution in [-0.2, 0) is 17.4 Å². The van der Waals surface area contributed by atoms with Crippen LogP contribution in [0.2, 0.25) is 0 Å². The number of nitro benzene ring substituents is 1. The molecular weight excluding hydrogens is 400 g/mol. The van der Waals surface area contributed by atoms with Gasteiger partial charge in [0.2, 0.25) is 5.91 Å². The first kappa shape index (κ1) is 22.1. The highest BCUT2D eigenvalue weighted by molar-refractivity contribution is 5.78. The van der Waals surface area contributed by atoms with Crippen LogP contribution in [0.1, 0.15) is 11.1 Å². The molecule has 2 aromatic carbocycles. The van der Waals surface area contributed by atoms with Gasteiger partial charge in [-0.1, -0.05) is 0 Å². The zero-order valence-electron chi connectivity index (χ0n) is 14.8. The Morgan fingerprint density at radius 1 is 1.21 bits per heavy atom. The number of benzene rings is 2. The Morgan fingerprint density at radius 2 is 1.86 bits per heavy atom. The third kappa shape index (κ3) is 6.71. The highest BCUT2D eigenvalue weighted by Gasteiger charge is 2.30. The minimum absolute atomic E-state index is 0.0522. The highest BCUT2D eigenvalue weighted by atomic mass is 19.4. The number of hydrogen-bond acceptors (Lipinski definition) is 5. The van der Waals surface area contributed by atoms with Gasteiger partial charge in [-0.25, -0.2) is 4.39 Å². The number of halogens is 4. The molecule has 0 spiro atoms. The van der Waals surface area contributed by atoms with Crippen molar-refractivity contribution < 1.29 is 37.1 Å². The molecule has 2 N–H and O–H groups in total. The van der Waals surface area contributed by atoms with Crippen molar-refractivity contribution >= 4 is 11.6 Å². The normalized spacial score (nSPS) is 12.3. The molecule has 7 nitrogen and oxygen atoms in total. The van der Waals surface area contributed by atoms with Gasteiger partial charge in [-0.15, -0.1) is 0 Å². The maximum absolute atomic E-state index is 13.8. The van der Waals surface area contributed by atoms with Crippen molar-refractivity contribution in [2.45, 2.75) is 18.7 Å². The summed E-state index contributed by atoms with van der Waals surface area (Å²) in [5, 5.41) is 22.7. The first-order valence-electron chi connectivity index (χ1n) is 8.24. The summed E-state index contributed by atoms with van der Waals surface area (Å²) in [6, 6.07) is 6.77. The van der Waals surface area contributed by atoms with Crippen molar-refractivity contribution in [3.63, 3.8) is 0 Å². The fourth-order valence-corrected chi connectivity index (χ4v) is 2.25. The molecular formula is C18H16F4N2O5. The summed E-state index contributed by atoms with van der Waals surface area (Å²) in [7, 11) is 0. The fourth-order valence-electron chi connectivity index (χ4n) is 2.25. The number of nitrogens with zero attached hydrogens (tertiary/aromatic N) is 1. The molecule has 2 rings (SSSR count). The zero-order valence-corrected chi connectivity index (χ0v) is 14.8. The van der Waals surface area contributed by atoms with Crippen molar-refractivity contribution in [3.05, 3.63) is 69.5 Å². The van der Waals surface area contributed by atoms with E-state index in [9.17, 15) is 37.6 Å². The standard InChI is InChI=1S/C18H16F4N2O5/c19-16-8-13(24(27)28)4-1-11(16)7-17(26)23-9-14(25)10-29-15-5-2-12(3-6-15)18(20,21)22/h1-6,8,14,25H,7,9-10H2,(H,23,26). The van der Waals surface area contributed by atoms with Gasteiger partial charge in [-0.3, -0.25) is 14.9 Å². The molecule has 0 saturated carbocycles. The number of carbonyl (C=O) groups excluding carboxylic acids is 1. The molecule has 0 radical (unpaired) electrons. The van der Waals surface area contributed by atoms with E-state index in [-0.39, 0.29) is 24.5 Å². The van der Waals surface area contributed by atoms with Crippen LogP contribution >= 0.6 is 0 Å². The lowest BCUT2D eigenvalue weighted by Gasteiger charge is -2.14. The summed E-state index contributed by atoms with van der Waals surface area (Å²) in [4.78, 5) is 21.6. The summed E-state index contributed by atoms with van der Waals surface area (Å²) in [6.07, 6.45) is -6.02. The molecule has 1 atom stereocenters. The Bertz CT molecular complexity index is 872. The SMILES string of the molecule is O=C(Cc1ccc([N+](=O)[O-])cc1F)NCC(O)COc1ccc(C(F)(F)F)cc1. The van der Waals surface area contributed by atoms with Gasteiger partial charge in [0.05, 0.1) is 23.0 Å². The lowest BCUT2D eigenvalue weighted by Crippen LogP contribution is -2.36. The fraction of sp³-hybridized carbons (Fsp3) is 0.278. The summed E-state index contributed by atoms with van der Waals surface area (Å²) >= 11 is 0. The zero-order chi connectivity index (χ0) is 21.6. The molecule has 1 unspecified atom stereocenters. The molecule has 0 heterocycles. The van der Waals surface area contributed by atoms with E-state index in [2.05, 4.69) is 5.32 Å². The van der Waals surface area contributed by atoms with Gasteiger partial charge in [0.1, 0.15) is 24.3 Å². The number of nitrogens with one attached hydrogen (secondary N) is 1. The van der Waals surface area contributed by atoms with Crippen molar-refractivity contribution in [1.82, 2.24) is 5.32 Å². The Labute approximate surface area is 162 Å². The lowest BCUT2D eigenvalue weighted by atomic mass is 10.1. The van der Waals surface area contributed by atoms with Gasteiger partial charge in [-0.05, 0) is 35.9 Å². The quantitative estimate of drug-likeness (QED) is 0.392. The molecule has 0 aliphatic carbocycles. The summed E-state index contributed by atoms with van der Waals surface area (Å²) in [6.45, 7) is -0.536. The number of carbonyl (C=O) groups is 1. The van der Waals surface area contributed by atoms with Crippen molar-refractivity contribution in [2.24, 2.45) is 0 Å². The Balaban J connectivity index is 1.78. The van der Waals surface area contributed by atoms with E-state index in [1.807, 2.05) is 0 Å². The maximum Gasteiger partial charge on any atom is 0.416 e. The smallest absolute Gasteiger partial charge is 0.416 e. The minimum atomic E-state index is -4.47. The van der Waals surface area contributed by atoms with Gasteiger partial charge >= 0.3 is 6.18 Å². The van der Waals surface area contributed by atoms with Crippen LogP contribution in [0, 0.1) is 15.9 Å². The van der Waals surface area contributed by atoms with Crippen LogP contribution in [0.4, 0.5) is 23.2 Å². The molecule has 0 fully saturated rings. The number of hydrogen-bond donors (Lipinski definition) is 2. The lowest BCUT2D eigenvalue weighted by molar-refractivity contribution is -0.385. The largest absolute Gasteiger partial charge is 0.491 e. The molecule has 0 bridgehead atoms. The molecule has 0 aliphatic rings. The third-order valence-electron chi connectivity index (χ3n) is 3.76. The van der Waals surface area contributed by atoms with Crippen molar-refractivity contribution in [3.8, 4) is 5.75 Å². The average Bonchev–Trinajstić information content (AvgIpc) is 2.65. The molecule has 2 aromatic rings. The maximum atomic E-state index is 13.8. The summed E-state index contributed by atoms with van der Waals surface area (Å²) < 4.78 is 56.3. The number of alkyl halides is 3. The first-order chi connectivity index (χ1) is 13.6. The van der Waals surface area contributed by atoms with Crippen molar-refractivity contribution in [2.75, 3.05) is 13.2 Å². The predicted molar refractivity (Wildman–Crippen MR) is 92.7 cm³/mol. The second-order valence-electron chi connectivity index (χ2n) is 6.00. The van der Waals surface area contributed by atoms with Gasteiger partial charge in [0, 0.05) is 12.6 Å². The van der Waals surface area contributed by atoms with Crippen LogP contribution in [0.5, 0.6) is 5.75 Å². The predicted octanol–water partition coefficient (Wildman–Crippen LogP) is 2.85. The van der Waals surface area contributed by atoms with Gasteiger partial charge in [-0.2, -0.15) is 13.2 Å². The molecule has 0 aliphatic heterocycles. The van der Waals surface area contributed by atoms with E-state index in [0.717, 1.165) is 36.4 Å². The Kier molecular flexibility index (Phi) is 7.10. The third-order valence-corrected chi connectivity index (χ3v) is 3.76. The number of amides is 1. The molecule has 156 valence electrons. The van der Waals surface area contributed by atoms with Crippen LogP contribution in [-0.4, -0.2) is 35.2 Å². The molecule has 0 saturated heterocycles. The highest BCUT2D eigenvalue weighted by Crippen LogP contribution is 2.30. The monoisotopic (exact) mass is 416 g/mol. The summed E-state index contributed by atoms with van der Waals surface area (Å²) in [5.74, 6) is -1.43. The van der Waals surface area contributed by atoms with Crippen LogP contribution < -0.4 is 10.1 Å². The number of rotatable bonds is 8.